The zero-order chi connectivity index (χ0) is 34.4. The maximum atomic E-state index is 10.6. The molecule has 20 heteroatoms. The number of carbonyl (C=O) groups is 3. The minimum atomic E-state index is -5.08. The number of aromatic nitrogens is 1. The fraction of sp³-hybridized carbons (Fsp3) is 0.680. The van der Waals surface area contributed by atoms with Crippen molar-refractivity contribution in [3.63, 3.8) is 0 Å². The SMILES string of the molecule is O=C(O)C(F)(F)F.O=C(O)C(F)(F)F.O=C(O)C(F)(F)F.c1ccc(CN2CCO[C@H]3[C@H](OCCN4CCCC4)CC[C@@H]32)nc1. The van der Waals surface area contributed by atoms with Crippen LogP contribution in [0, 0.1) is 0 Å². The molecule has 1 saturated carbocycles. The molecule has 45 heavy (non-hydrogen) atoms. The van der Waals surface area contributed by atoms with E-state index in [9.17, 15) is 39.5 Å². The highest BCUT2D eigenvalue weighted by Crippen LogP contribution is 2.33. The number of likely N-dealkylation sites (tertiary alicyclic amines) is 1. The van der Waals surface area contributed by atoms with Crippen LogP contribution in [0.15, 0.2) is 24.4 Å². The number of hydrogen-bond donors (Lipinski definition) is 3. The van der Waals surface area contributed by atoms with E-state index in [-0.39, 0.29) is 12.2 Å². The van der Waals surface area contributed by atoms with E-state index >= 15 is 0 Å². The van der Waals surface area contributed by atoms with Crippen LogP contribution in [0.25, 0.3) is 0 Å². The van der Waals surface area contributed by atoms with E-state index < -0.39 is 36.4 Å². The van der Waals surface area contributed by atoms with Gasteiger partial charge in [-0.1, -0.05) is 6.07 Å². The zero-order valence-corrected chi connectivity index (χ0v) is 23.4. The first kappa shape index (κ1) is 39.8. The molecular formula is C25H32F9N3O8. The number of halogens is 9. The van der Waals surface area contributed by atoms with Crippen LogP contribution >= 0.6 is 0 Å². The van der Waals surface area contributed by atoms with Crippen LogP contribution < -0.4 is 0 Å². The first-order chi connectivity index (χ1) is 20.7. The van der Waals surface area contributed by atoms with Crippen LogP contribution in [0.1, 0.15) is 31.4 Å². The van der Waals surface area contributed by atoms with Crippen molar-refractivity contribution in [3.8, 4) is 0 Å². The molecule has 0 spiro atoms. The fourth-order valence-corrected chi connectivity index (χ4v) is 4.41. The zero-order valence-electron chi connectivity index (χ0n) is 23.4. The van der Waals surface area contributed by atoms with E-state index in [2.05, 4.69) is 26.9 Å². The predicted octanol–water partition coefficient (Wildman–Crippen LogP) is 3.83. The molecule has 3 aliphatic rings. The number of rotatable bonds is 6. The number of morpholine rings is 1. The van der Waals surface area contributed by atoms with Gasteiger partial charge in [0.05, 0.1) is 31.1 Å². The lowest BCUT2D eigenvalue weighted by Gasteiger charge is -2.39. The quantitative estimate of drug-likeness (QED) is 0.379. The summed E-state index contributed by atoms with van der Waals surface area (Å²) >= 11 is 0. The van der Waals surface area contributed by atoms with Crippen molar-refractivity contribution >= 4 is 17.9 Å². The average Bonchev–Trinajstić information content (AvgIpc) is 3.60. The minimum Gasteiger partial charge on any atom is -0.475 e. The third kappa shape index (κ3) is 15.6. The van der Waals surface area contributed by atoms with Crippen molar-refractivity contribution in [1.29, 1.82) is 0 Å². The lowest BCUT2D eigenvalue weighted by atomic mass is 10.1. The van der Waals surface area contributed by atoms with Gasteiger partial charge < -0.3 is 29.7 Å². The molecule has 1 aromatic rings. The van der Waals surface area contributed by atoms with Crippen molar-refractivity contribution in [2.75, 3.05) is 39.4 Å². The Morgan fingerprint density at radius 2 is 1.36 bits per heavy atom. The van der Waals surface area contributed by atoms with Crippen LogP contribution in [0.2, 0.25) is 0 Å². The number of hydrogen-bond acceptors (Lipinski definition) is 8. The molecule has 11 nitrogen and oxygen atoms in total. The van der Waals surface area contributed by atoms with Crippen LogP contribution in [-0.2, 0) is 30.4 Å². The maximum Gasteiger partial charge on any atom is 0.490 e. The molecule has 3 fully saturated rings. The third-order valence-corrected chi connectivity index (χ3v) is 6.41. The summed E-state index contributed by atoms with van der Waals surface area (Å²) in [5.41, 5.74) is 1.15. The summed E-state index contributed by atoms with van der Waals surface area (Å²) in [6, 6.07) is 6.64. The second-order valence-electron chi connectivity index (χ2n) is 9.64. The summed E-state index contributed by atoms with van der Waals surface area (Å²) in [5.74, 6) is -8.27. The molecule has 2 aliphatic heterocycles. The number of nitrogens with zero attached hydrogens (tertiary/aromatic N) is 3. The summed E-state index contributed by atoms with van der Waals surface area (Å²) in [6.45, 7) is 7.13. The first-order valence-corrected chi connectivity index (χ1v) is 13.2. The molecular weight excluding hydrogens is 641 g/mol. The molecule has 1 aromatic heterocycles. The van der Waals surface area contributed by atoms with E-state index in [1.807, 2.05) is 12.3 Å². The Kier molecular flexibility index (Phi) is 16.0. The fourth-order valence-electron chi connectivity index (χ4n) is 4.41. The maximum absolute atomic E-state index is 10.6. The van der Waals surface area contributed by atoms with E-state index in [0.29, 0.717) is 6.04 Å². The highest BCUT2D eigenvalue weighted by Gasteiger charge is 2.43. The van der Waals surface area contributed by atoms with Gasteiger partial charge in [0.1, 0.15) is 0 Å². The molecule has 258 valence electrons. The van der Waals surface area contributed by atoms with Gasteiger partial charge in [0.15, 0.2) is 0 Å². The van der Waals surface area contributed by atoms with Crippen molar-refractivity contribution in [2.45, 2.75) is 69.0 Å². The molecule has 3 heterocycles. The van der Waals surface area contributed by atoms with E-state index in [0.717, 1.165) is 45.0 Å². The van der Waals surface area contributed by atoms with E-state index in [1.165, 1.54) is 32.4 Å². The predicted molar refractivity (Wildman–Crippen MR) is 134 cm³/mol. The summed E-state index contributed by atoms with van der Waals surface area (Å²) in [6.07, 6.45) is -7.88. The summed E-state index contributed by atoms with van der Waals surface area (Å²) in [5, 5.41) is 21.4. The molecule has 3 atom stereocenters. The van der Waals surface area contributed by atoms with Gasteiger partial charge in [-0.3, -0.25) is 9.88 Å². The first-order valence-electron chi connectivity index (χ1n) is 13.2. The van der Waals surface area contributed by atoms with E-state index in [1.54, 1.807) is 0 Å². The van der Waals surface area contributed by atoms with Crippen LogP contribution in [-0.4, -0.2) is 124 Å². The number of carboxylic acid groups (broad SMARTS) is 3. The molecule has 0 radical (unpaired) electrons. The number of carboxylic acids is 3. The van der Waals surface area contributed by atoms with Crippen molar-refractivity contribution in [1.82, 2.24) is 14.8 Å². The second-order valence-corrected chi connectivity index (χ2v) is 9.64. The Bertz CT molecular complexity index is 996. The van der Waals surface area contributed by atoms with E-state index in [4.69, 9.17) is 39.2 Å². The molecule has 0 unspecified atom stereocenters. The molecule has 0 bridgehead atoms. The van der Waals surface area contributed by atoms with Gasteiger partial charge in [-0.05, 0) is 50.9 Å². The summed E-state index contributed by atoms with van der Waals surface area (Å²) in [4.78, 5) is 36.2. The second kappa shape index (κ2) is 18.1. The normalized spacial score (nSPS) is 22.0. The van der Waals surface area contributed by atoms with Gasteiger partial charge >= 0.3 is 36.4 Å². The average molecular weight is 674 g/mol. The standard InChI is InChI=1S/C19H29N3O2.3C2HF3O2/c1-2-8-20-16(5-1)15-22-12-14-24-19-17(22)6-7-18(19)23-13-11-21-9-3-4-10-21;3*3-2(4,5)1(6)7/h1-2,5,8,17-19H,3-4,6-7,9-15H2;3*(H,6,7)/t17-,18+,19+;;;/m0.../s1. The van der Waals surface area contributed by atoms with Crippen LogP contribution in [0.4, 0.5) is 39.5 Å². The molecule has 3 N–H and O–H groups in total. The Morgan fingerprint density at radius 1 is 0.844 bits per heavy atom. The van der Waals surface area contributed by atoms with Gasteiger partial charge in [0.25, 0.3) is 0 Å². The van der Waals surface area contributed by atoms with Gasteiger partial charge in [-0.15, -0.1) is 0 Å². The number of ether oxygens (including phenoxy) is 2. The molecule has 0 aromatic carbocycles. The number of fused-ring (bicyclic) bond motifs is 1. The lowest BCUT2D eigenvalue weighted by molar-refractivity contribution is -0.193. The van der Waals surface area contributed by atoms with Gasteiger partial charge in [-0.2, -0.15) is 39.5 Å². The van der Waals surface area contributed by atoms with Gasteiger partial charge in [0.2, 0.25) is 0 Å². The number of pyridine rings is 1. The topological polar surface area (TPSA) is 150 Å². The smallest absolute Gasteiger partial charge is 0.475 e. The summed E-state index contributed by atoms with van der Waals surface area (Å²) < 4.78 is 108. The largest absolute Gasteiger partial charge is 0.490 e. The Morgan fingerprint density at radius 3 is 1.80 bits per heavy atom. The molecule has 1 aliphatic carbocycles. The monoisotopic (exact) mass is 673 g/mol. The minimum absolute atomic E-state index is 0.237. The highest BCUT2D eigenvalue weighted by atomic mass is 19.4. The van der Waals surface area contributed by atoms with Crippen molar-refractivity contribution in [3.05, 3.63) is 30.1 Å². The molecule has 0 amide bonds. The number of alkyl halides is 9. The third-order valence-electron chi connectivity index (χ3n) is 6.41. The Hall–Kier alpha value is -3.23. The highest BCUT2D eigenvalue weighted by molar-refractivity contribution is 5.73. The molecule has 4 rings (SSSR count). The van der Waals surface area contributed by atoms with Gasteiger partial charge in [0, 0.05) is 31.9 Å². The van der Waals surface area contributed by atoms with Crippen molar-refractivity contribution < 1.29 is 78.7 Å². The van der Waals surface area contributed by atoms with Crippen LogP contribution in [0.5, 0.6) is 0 Å². The summed E-state index contributed by atoms with van der Waals surface area (Å²) in [7, 11) is 0. The van der Waals surface area contributed by atoms with Crippen molar-refractivity contribution in [2.24, 2.45) is 0 Å². The Labute approximate surface area is 250 Å². The van der Waals surface area contributed by atoms with Gasteiger partial charge in [-0.25, -0.2) is 14.4 Å². The lowest BCUT2D eigenvalue weighted by Crippen LogP contribution is -2.51. The number of aliphatic carboxylic acids is 3. The van der Waals surface area contributed by atoms with Crippen LogP contribution in [0.3, 0.4) is 0 Å². The Balaban J connectivity index is 0.000000396. The molecule has 2 saturated heterocycles.